The topological polar surface area (TPSA) is 75.0 Å². The number of rotatable bonds is 8. The maximum absolute atomic E-state index is 12.9. The molecule has 0 aliphatic carbocycles. The van der Waals surface area contributed by atoms with Gasteiger partial charge in [0.2, 0.25) is 5.75 Å². The van der Waals surface area contributed by atoms with Gasteiger partial charge >= 0.3 is 0 Å². The Labute approximate surface area is 148 Å². The molecule has 0 aromatic heterocycles. The highest BCUT2D eigenvalue weighted by Gasteiger charge is 2.41. The fraction of sp³-hybridized carbons (Fsp3) is 0.556. The first-order valence-corrected chi connectivity index (χ1v) is 8.33. The molecule has 1 heterocycles. The molecule has 2 rings (SSSR count). The van der Waals surface area contributed by atoms with Crippen LogP contribution >= 0.6 is 0 Å². The molecule has 7 nitrogen and oxygen atoms in total. The molecule has 0 saturated heterocycles. The molecule has 25 heavy (non-hydrogen) atoms. The van der Waals surface area contributed by atoms with Crippen LogP contribution in [0, 0.1) is 11.3 Å². The third-order valence-corrected chi connectivity index (χ3v) is 4.62. The molecule has 0 radical (unpaired) electrons. The van der Waals surface area contributed by atoms with Crippen molar-refractivity contribution in [3.05, 3.63) is 17.2 Å². The quantitative estimate of drug-likeness (QED) is 0.717. The molecular weight excluding hydrogens is 322 g/mol. The number of nitriles is 1. The minimum atomic E-state index is -0.701. The van der Waals surface area contributed by atoms with Crippen molar-refractivity contribution < 1.29 is 19.0 Å². The minimum Gasteiger partial charge on any atom is -0.493 e. The van der Waals surface area contributed by atoms with E-state index in [2.05, 4.69) is 24.8 Å². The number of carbonyl (C=O) groups is 1. The van der Waals surface area contributed by atoms with Crippen molar-refractivity contribution >= 4 is 5.91 Å². The van der Waals surface area contributed by atoms with Gasteiger partial charge in [0.1, 0.15) is 6.04 Å². The second-order valence-electron chi connectivity index (χ2n) is 5.66. The van der Waals surface area contributed by atoms with Crippen LogP contribution in [0.1, 0.15) is 35.8 Å². The average molecular weight is 347 g/mol. The molecule has 0 saturated carbocycles. The van der Waals surface area contributed by atoms with Gasteiger partial charge in [0, 0.05) is 18.7 Å². The lowest BCUT2D eigenvalue weighted by atomic mass is 10.0. The molecule has 1 aromatic rings. The predicted molar refractivity (Wildman–Crippen MR) is 93.3 cm³/mol. The van der Waals surface area contributed by atoms with Gasteiger partial charge in [-0.1, -0.05) is 13.8 Å². The van der Waals surface area contributed by atoms with Crippen LogP contribution < -0.4 is 14.2 Å². The van der Waals surface area contributed by atoms with E-state index in [0.29, 0.717) is 41.5 Å². The molecule has 1 aromatic carbocycles. The predicted octanol–water partition coefficient (Wildman–Crippen LogP) is 2.07. The number of methoxy groups -OCH3 is 3. The summed E-state index contributed by atoms with van der Waals surface area (Å²) in [5.74, 6) is 0.992. The highest BCUT2D eigenvalue weighted by molar-refractivity contribution is 6.01. The Hall–Kier alpha value is -2.46. The lowest BCUT2D eigenvalue weighted by Crippen LogP contribution is -2.36. The van der Waals surface area contributed by atoms with Crippen molar-refractivity contribution in [2.45, 2.75) is 19.9 Å². The molecule has 1 aliphatic heterocycles. The van der Waals surface area contributed by atoms with E-state index in [1.807, 2.05) is 0 Å². The zero-order chi connectivity index (χ0) is 18.6. The normalized spacial score (nSPS) is 16.0. The molecule has 1 aliphatic rings. The van der Waals surface area contributed by atoms with E-state index < -0.39 is 6.04 Å². The Morgan fingerprint density at radius 1 is 1.16 bits per heavy atom. The van der Waals surface area contributed by atoms with E-state index >= 15 is 0 Å². The fourth-order valence-corrected chi connectivity index (χ4v) is 3.21. The third kappa shape index (κ3) is 3.22. The van der Waals surface area contributed by atoms with Crippen LogP contribution in [-0.2, 0) is 0 Å². The lowest BCUT2D eigenvalue weighted by molar-refractivity contribution is 0.0737. The Balaban J connectivity index is 2.47. The number of amides is 1. The molecule has 0 fully saturated rings. The minimum absolute atomic E-state index is 0.187. The summed E-state index contributed by atoms with van der Waals surface area (Å²) in [5.41, 5.74) is 0.979. The maximum Gasteiger partial charge on any atom is 0.255 e. The fourth-order valence-electron chi connectivity index (χ4n) is 3.21. The second-order valence-corrected chi connectivity index (χ2v) is 5.66. The van der Waals surface area contributed by atoms with Crippen LogP contribution in [-0.4, -0.2) is 63.2 Å². The van der Waals surface area contributed by atoms with Crippen molar-refractivity contribution in [2.75, 3.05) is 47.5 Å². The number of ether oxygens (including phenoxy) is 3. The molecule has 1 amide bonds. The van der Waals surface area contributed by atoms with Gasteiger partial charge in [0.05, 0.1) is 33.0 Å². The van der Waals surface area contributed by atoms with Gasteiger partial charge in [0.15, 0.2) is 11.5 Å². The summed E-state index contributed by atoms with van der Waals surface area (Å²) in [6, 6.07) is 3.16. The van der Waals surface area contributed by atoms with E-state index in [9.17, 15) is 10.1 Å². The zero-order valence-electron chi connectivity index (χ0n) is 15.5. The molecule has 1 unspecified atom stereocenters. The lowest BCUT2D eigenvalue weighted by Gasteiger charge is -2.25. The van der Waals surface area contributed by atoms with E-state index in [4.69, 9.17) is 14.2 Å². The monoisotopic (exact) mass is 347 g/mol. The number of benzene rings is 1. The molecule has 0 spiro atoms. The van der Waals surface area contributed by atoms with Crippen LogP contribution in [0.25, 0.3) is 0 Å². The summed E-state index contributed by atoms with van der Waals surface area (Å²) >= 11 is 0. The van der Waals surface area contributed by atoms with Gasteiger partial charge in [-0.05, 0) is 19.2 Å². The highest BCUT2D eigenvalue weighted by atomic mass is 16.5. The van der Waals surface area contributed by atoms with Gasteiger partial charge in [-0.3, -0.25) is 4.79 Å². The first-order chi connectivity index (χ1) is 12.1. The molecule has 1 atom stereocenters. The maximum atomic E-state index is 12.9. The number of carbonyl (C=O) groups excluding carboxylic acids is 1. The van der Waals surface area contributed by atoms with Crippen molar-refractivity contribution in [3.63, 3.8) is 0 Å². The SMILES string of the molecule is CCN(CC)CCN1C(=O)c2cc(OC)c(OC)c(OC)c2C1C#N. The van der Waals surface area contributed by atoms with E-state index in [-0.39, 0.29) is 5.91 Å². The van der Waals surface area contributed by atoms with Crippen molar-refractivity contribution in [1.82, 2.24) is 9.80 Å². The molecule has 7 heteroatoms. The van der Waals surface area contributed by atoms with Gasteiger partial charge in [-0.25, -0.2) is 0 Å². The van der Waals surface area contributed by atoms with Crippen molar-refractivity contribution in [1.29, 1.82) is 5.26 Å². The Morgan fingerprint density at radius 2 is 1.80 bits per heavy atom. The van der Waals surface area contributed by atoms with E-state index in [1.165, 1.54) is 21.3 Å². The van der Waals surface area contributed by atoms with Crippen molar-refractivity contribution in [2.24, 2.45) is 0 Å². The number of likely N-dealkylation sites (N-methyl/N-ethyl adjacent to an activating group) is 1. The molecule has 136 valence electrons. The van der Waals surface area contributed by atoms with Gasteiger partial charge in [-0.2, -0.15) is 5.26 Å². The van der Waals surface area contributed by atoms with Crippen LogP contribution in [0.5, 0.6) is 17.2 Å². The summed E-state index contributed by atoms with van der Waals surface area (Å²) in [5, 5.41) is 9.71. The van der Waals surface area contributed by atoms with Gasteiger partial charge < -0.3 is 24.0 Å². The van der Waals surface area contributed by atoms with Gasteiger partial charge in [0.25, 0.3) is 5.91 Å². The Bertz CT molecular complexity index is 680. The third-order valence-electron chi connectivity index (χ3n) is 4.62. The van der Waals surface area contributed by atoms with Crippen LogP contribution in [0.15, 0.2) is 6.07 Å². The number of nitrogens with zero attached hydrogens (tertiary/aromatic N) is 3. The second kappa shape index (κ2) is 8.08. The molecule has 0 N–H and O–H groups in total. The van der Waals surface area contributed by atoms with Crippen LogP contribution in [0.2, 0.25) is 0 Å². The summed E-state index contributed by atoms with van der Waals surface area (Å²) in [6.07, 6.45) is 0. The number of fused-ring (bicyclic) bond motifs is 1. The Kier molecular flexibility index (Phi) is 6.10. The smallest absolute Gasteiger partial charge is 0.255 e. The number of hydrogen-bond donors (Lipinski definition) is 0. The summed E-state index contributed by atoms with van der Waals surface area (Å²) in [4.78, 5) is 16.7. The van der Waals surface area contributed by atoms with E-state index in [1.54, 1.807) is 11.0 Å². The standard InChI is InChI=1S/C18H25N3O4/c1-6-20(7-2)8-9-21-13(11-19)15-12(18(21)22)10-14(23-3)16(24-4)17(15)25-5/h10,13H,6-9H2,1-5H3. The summed E-state index contributed by atoms with van der Waals surface area (Å²) in [7, 11) is 4.50. The van der Waals surface area contributed by atoms with Crippen molar-refractivity contribution in [3.8, 4) is 23.3 Å². The Morgan fingerprint density at radius 3 is 2.28 bits per heavy atom. The summed E-state index contributed by atoms with van der Waals surface area (Å²) < 4.78 is 16.2. The number of hydrogen-bond acceptors (Lipinski definition) is 6. The van der Waals surface area contributed by atoms with E-state index in [0.717, 1.165) is 13.1 Å². The van der Waals surface area contributed by atoms with Crippen LogP contribution in [0.4, 0.5) is 0 Å². The largest absolute Gasteiger partial charge is 0.493 e. The summed E-state index contributed by atoms with van der Waals surface area (Å²) in [6.45, 7) is 7.12. The van der Waals surface area contributed by atoms with Gasteiger partial charge in [-0.15, -0.1) is 0 Å². The van der Waals surface area contributed by atoms with Crippen LogP contribution in [0.3, 0.4) is 0 Å². The zero-order valence-corrected chi connectivity index (χ0v) is 15.5. The molecule has 0 bridgehead atoms. The highest BCUT2D eigenvalue weighted by Crippen LogP contribution is 2.49. The first-order valence-electron chi connectivity index (χ1n) is 8.33. The first kappa shape index (κ1) is 18.9. The molecular formula is C18H25N3O4. The average Bonchev–Trinajstić information content (AvgIpc) is 2.92.